The largest absolute Gasteiger partial charge is 0.392 e. The van der Waals surface area contributed by atoms with Crippen molar-refractivity contribution in [2.75, 3.05) is 26.8 Å². The number of hydrogen-bond acceptors (Lipinski definition) is 4. The van der Waals surface area contributed by atoms with Crippen LogP contribution in [0.5, 0.6) is 0 Å². The maximum absolute atomic E-state index is 12.8. The lowest BCUT2D eigenvalue weighted by Crippen LogP contribution is -2.34. The van der Waals surface area contributed by atoms with Crippen LogP contribution in [0.2, 0.25) is 0 Å². The van der Waals surface area contributed by atoms with Crippen molar-refractivity contribution in [2.45, 2.75) is 18.4 Å². The minimum atomic E-state index is -3.70. The molecule has 5 nitrogen and oxygen atoms in total. The Labute approximate surface area is 134 Å². The highest BCUT2D eigenvalue weighted by Gasteiger charge is 2.26. The lowest BCUT2D eigenvalue weighted by molar-refractivity contribution is 0.182. The van der Waals surface area contributed by atoms with Gasteiger partial charge in [-0.25, -0.2) is 8.42 Å². The van der Waals surface area contributed by atoms with Crippen LogP contribution in [-0.4, -0.2) is 44.6 Å². The topological polar surface area (TPSA) is 66.8 Å². The minimum Gasteiger partial charge on any atom is -0.392 e. The molecule has 0 saturated heterocycles. The summed E-state index contributed by atoms with van der Waals surface area (Å²) in [5.74, 6) is 0. The van der Waals surface area contributed by atoms with E-state index in [0.717, 1.165) is 5.56 Å². The van der Waals surface area contributed by atoms with Gasteiger partial charge in [-0.2, -0.15) is 4.31 Å². The molecule has 1 aromatic rings. The fourth-order valence-corrected chi connectivity index (χ4v) is 4.30. The molecule has 0 saturated carbocycles. The maximum atomic E-state index is 12.8. The second-order valence-electron chi connectivity index (χ2n) is 4.53. The average molecular weight is 378 g/mol. The van der Waals surface area contributed by atoms with E-state index in [1.54, 1.807) is 13.0 Å². The van der Waals surface area contributed by atoms with Gasteiger partial charge in [0.15, 0.2) is 0 Å². The van der Waals surface area contributed by atoms with Gasteiger partial charge < -0.3 is 9.84 Å². The van der Waals surface area contributed by atoms with E-state index in [1.807, 2.05) is 0 Å². The zero-order valence-corrected chi connectivity index (χ0v) is 14.6. The van der Waals surface area contributed by atoms with Crippen LogP contribution in [0.15, 0.2) is 34.2 Å². The first-order chi connectivity index (χ1) is 9.88. The van der Waals surface area contributed by atoms with E-state index < -0.39 is 10.0 Å². The summed E-state index contributed by atoms with van der Waals surface area (Å²) in [6.45, 7) is 5.89. The highest BCUT2D eigenvalue weighted by Crippen LogP contribution is 2.29. The zero-order valence-electron chi connectivity index (χ0n) is 12.2. The van der Waals surface area contributed by atoms with E-state index in [-0.39, 0.29) is 24.6 Å². The quantitative estimate of drug-likeness (QED) is 0.704. The number of rotatable bonds is 8. The van der Waals surface area contributed by atoms with Gasteiger partial charge in [0.2, 0.25) is 10.0 Å². The van der Waals surface area contributed by atoms with Gasteiger partial charge in [0.25, 0.3) is 0 Å². The van der Waals surface area contributed by atoms with Crippen molar-refractivity contribution in [2.24, 2.45) is 0 Å². The van der Waals surface area contributed by atoms with Gasteiger partial charge in [-0.1, -0.05) is 12.1 Å². The van der Waals surface area contributed by atoms with Crippen LogP contribution in [0.4, 0.5) is 0 Å². The smallest absolute Gasteiger partial charge is 0.244 e. The van der Waals surface area contributed by atoms with Gasteiger partial charge in [0.05, 0.1) is 18.1 Å². The lowest BCUT2D eigenvalue weighted by Gasteiger charge is -2.22. The molecule has 118 valence electrons. The molecule has 0 heterocycles. The monoisotopic (exact) mass is 377 g/mol. The molecule has 0 aliphatic heterocycles. The number of nitrogens with zero attached hydrogens (tertiary/aromatic N) is 1. The van der Waals surface area contributed by atoms with Crippen LogP contribution < -0.4 is 0 Å². The zero-order chi connectivity index (χ0) is 16.0. The van der Waals surface area contributed by atoms with Gasteiger partial charge >= 0.3 is 0 Å². The summed E-state index contributed by atoms with van der Waals surface area (Å²) in [5, 5.41) is 9.27. The number of halogens is 1. The first-order valence-electron chi connectivity index (χ1n) is 6.38. The van der Waals surface area contributed by atoms with Crippen LogP contribution in [0, 0.1) is 6.92 Å². The van der Waals surface area contributed by atoms with E-state index in [2.05, 4.69) is 22.5 Å². The van der Waals surface area contributed by atoms with E-state index in [4.69, 9.17) is 4.74 Å². The number of benzene rings is 1. The molecule has 7 heteroatoms. The molecule has 0 fully saturated rings. The summed E-state index contributed by atoms with van der Waals surface area (Å²) in [4.78, 5) is 0.143. The molecule has 1 rings (SSSR count). The molecule has 0 aliphatic rings. The van der Waals surface area contributed by atoms with Crippen molar-refractivity contribution in [1.82, 2.24) is 4.31 Å². The van der Waals surface area contributed by atoms with Crippen molar-refractivity contribution < 1.29 is 18.3 Å². The molecule has 21 heavy (non-hydrogen) atoms. The van der Waals surface area contributed by atoms with Crippen molar-refractivity contribution in [3.8, 4) is 0 Å². The highest BCUT2D eigenvalue weighted by molar-refractivity contribution is 9.10. The summed E-state index contributed by atoms with van der Waals surface area (Å²) >= 11 is 3.32. The molecule has 0 aromatic heterocycles. The molecular weight excluding hydrogens is 358 g/mol. The third kappa shape index (κ3) is 4.37. The molecule has 1 aromatic carbocycles. The first-order valence-corrected chi connectivity index (χ1v) is 8.61. The van der Waals surface area contributed by atoms with Gasteiger partial charge in [0, 0.05) is 24.7 Å². The Morgan fingerprint density at radius 3 is 2.67 bits per heavy atom. The molecule has 0 spiro atoms. The van der Waals surface area contributed by atoms with Crippen LogP contribution in [-0.2, 0) is 21.4 Å². The summed E-state index contributed by atoms with van der Waals surface area (Å²) in [7, 11) is -2.18. The summed E-state index contributed by atoms with van der Waals surface area (Å²) in [6, 6.07) is 3.23. The Morgan fingerprint density at radius 2 is 2.14 bits per heavy atom. The first kappa shape index (κ1) is 18.3. The number of hydrogen-bond donors (Lipinski definition) is 1. The second-order valence-corrected chi connectivity index (χ2v) is 7.23. The molecular formula is C14H20BrNO4S. The van der Waals surface area contributed by atoms with Gasteiger partial charge in [0.1, 0.15) is 0 Å². The van der Waals surface area contributed by atoms with E-state index in [9.17, 15) is 13.5 Å². The predicted octanol–water partition coefficient (Wildman–Crippen LogP) is 2.07. The normalized spacial score (nSPS) is 11.9. The van der Waals surface area contributed by atoms with E-state index in [1.165, 1.54) is 23.6 Å². The number of methoxy groups -OCH3 is 1. The van der Waals surface area contributed by atoms with E-state index in [0.29, 0.717) is 16.6 Å². The minimum absolute atomic E-state index is 0.143. The van der Waals surface area contributed by atoms with Gasteiger partial charge in [-0.3, -0.25) is 0 Å². The Kier molecular flexibility index (Phi) is 7.02. The predicted molar refractivity (Wildman–Crippen MR) is 85.6 cm³/mol. The fourth-order valence-electron chi connectivity index (χ4n) is 1.87. The molecule has 0 aliphatic carbocycles. The number of ether oxygens (including phenoxy) is 1. The number of sulfonamides is 1. The summed E-state index contributed by atoms with van der Waals surface area (Å²) in [5.41, 5.74) is 1.31. The third-order valence-electron chi connectivity index (χ3n) is 2.96. The average Bonchev–Trinajstić information content (AvgIpc) is 2.45. The SMILES string of the molecule is C=CCN(CCOC)S(=O)(=O)c1cc(CO)cc(C)c1Br. The Hall–Kier alpha value is -0.730. The molecule has 0 unspecified atom stereocenters. The van der Waals surface area contributed by atoms with Crippen LogP contribution in [0.25, 0.3) is 0 Å². The second kappa shape index (κ2) is 8.05. The third-order valence-corrected chi connectivity index (χ3v) is 6.16. The Balaban J connectivity index is 3.32. The Morgan fingerprint density at radius 1 is 1.48 bits per heavy atom. The van der Waals surface area contributed by atoms with Crippen molar-refractivity contribution >= 4 is 26.0 Å². The van der Waals surface area contributed by atoms with E-state index >= 15 is 0 Å². The number of aryl methyl sites for hydroxylation is 1. The molecule has 0 bridgehead atoms. The highest BCUT2D eigenvalue weighted by atomic mass is 79.9. The molecule has 0 radical (unpaired) electrons. The molecule has 0 amide bonds. The van der Waals surface area contributed by atoms with Crippen LogP contribution >= 0.6 is 15.9 Å². The van der Waals surface area contributed by atoms with Crippen molar-refractivity contribution in [1.29, 1.82) is 0 Å². The van der Waals surface area contributed by atoms with Gasteiger partial charge in [-0.15, -0.1) is 6.58 Å². The standard InChI is InChI=1S/C14H20BrNO4S/c1-4-5-16(6-7-20-3)21(18,19)13-9-12(10-17)8-11(2)14(13)15/h4,8-9,17H,1,5-7,10H2,2-3H3. The summed E-state index contributed by atoms with van der Waals surface area (Å²) in [6.07, 6.45) is 1.53. The van der Waals surface area contributed by atoms with Crippen LogP contribution in [0.1, 0.15) is 11.1 Å². The van der Waals surface area contributed by atoms with Gasteiger partial charge in [-0.05, 0) is 40.0 Å². The Bertz CT molecular complexity index is 601. The maximum Gasteiger partial charge on any atom is 0.244 e. The van der Waals surface area contributed by atoms with Crippen LogP contribution in [0.3, 0.4) is 0 Å². The number of aliphatic hydroxyl groups is 1. The number of aliphatic hydroxyl groups excluding tert-OH is 1. The van der Waals surface area contributed by atoms with Crippen molar-refractivity contribution in [3.63, 3.8) is 0 Å². The fraction of sp³-hybridized carbons (Fsp3) is 0.429. The van der Waals surface area contributed by atoms with Crippen molar-refractivity contribution in [3.05, 3.63) is 40.4 Å². The summed E-state index contributed by atoms with van der Waals surface area (Å²) < 4.78 is 32.3. The lowest BCUT2D eigenvalue weighted by atomic mass is 10.1. The molecule has 0 atom stereocenters. The molecule has 1 N–H and O–H groups in total.